The highest BCUT2D eigenvalue weighted by Crippen LogP contribution is 2.25. The lowest BCUT2D eigenvalue weighted by Gasteiger charge is -2.09. The summed E-state index contributed by atoms with van der Waals surface area (Å²) in [5.41, 5.74) is 3.55. The van der Waals surface area contributed by atoms with E-state index in [0.717, 1.165) is 35.7 Å². The molecule has 3 aromatic carbocycles. The van der Waals surface area contributed by atoms with Gasteiger partial charge in [-0.25, -0.2) is 9.59 Å². The molecule has 2 atom stereocenters. The van der Waals surface area contributed by atoms with Gasteiger partial charge in [-0.1, -0.05) is 36.4 Å². The number of epoxide rings is 2. The molecule has 2 saturated heterocycles. The lowest BCUT2D eigenvalue weighted by Crippen LogP contribution is -2.10. The van der Waals surface area contributed by atoms with E-state index in [1.165, 1.54) is 5.94 Å². The molecule has 0 aliphatic carbocycles. The van der Waals surface area contributed by atoms with Crippen LogP contribution in [0.25, 0.3) is 11.1 Å². The fourth-order valence-electron chi connectivity index (χ4n) is 3.43. The van der Waals surface area contributed by atoms with E-state index in [-0.39, 0.29) is 12.2 Å². The molecule has 0 aromatic heterocycles. The first-order chi connectivity index (χ1) is 18.6. The van der Waals surface area contributed by atoms with Crippen molar-refractivity contribution in [1.29, 1.82) is 0 Å². The summed E-state index contributed by atoms with van der Waals surface area (Å²) < 4.78 is 32.5. The van der Waals surface area contributed by atoms with Gasteiger partial charge in [0.15, 0.2) is 0 Å². The molecular weight excluding hydrogens is 488 g/mol. The van der Waals surface area contributed by atoms with E-state index < -0.39 is 5.97 Å². The minimum absolute atomic E-state index is 0.243. The minimum atomic E-state index is -0.397. The zero-order chi connectivity index (χ0) is 26.6. The molecule has 2 aliphatic rings. The molecule has 2 fully saturated rings. The van der Waals surface area contributed by atoms with Crippen LogP contribution in [0.3, 0.4) is 0 Å². The average Bonchev–Trinajstić information content (AvgIpc) is 3.87. The Labute approximate surface area is 221 Å². The SMILES string of the molecule is C=C=O.O=C(Oc1ccc(-c2ccc(OCCOCC3CO3)cc2)cc1)c1ccc(COCC2CO2)cc1. The number of hydrogen-bond acceptors (Lipinski definition) is 8. The van der Waals surface area contributed by atoms with Crippen LogP contribution in [-0.4, -0.2) is 63.8 Å². The molecule has 2 unspecified atom stereocenters. The van der Waals surface area contributed by atoms with E-state index in [0.29, 0.717) is 44.3 Å². The molecule has 198 valence electrons. The maximum Gasteiger partial charge on any atom is 0.343 e. The smallest absolute Gasteiger partial charge is 0.343 e. The van der Waals surface area contributed by atoms with Crippen LogP contribution < -0.4 is 9.47 Å². The maximum atomic E-state index is 12.5. The lowest BCUT2D eigenvalue weighted by atomic mass is 10.1. The van der Waals surface area contributed by atoms with Crippen molar-refractivity contribution in [1.82, 2.24) is 0 Å². The molecule has 0 N–H and O–H groups in total. The highest BCUT2D eigenvalue weighted by atomic mass is 16.6. The zero-order valence-electron chi connectivity index (χ0n) is 21.0. The second kappa shape index (κ2) is 14.2. The van der Waals surface area contributed by atoms with Crippen molar-refractivity contribution in [3.8, 4) is 22.6 Å². The van der Waals surface area contributed by atoms with Crippen LogP contribution in [0.5, 0.6) is 11.5 Å². The number of rotatable bonds is 13. The van der Waals surface area contributed by atoms with Gasteiger partial charge in [0.05, 0.1) is 45.2 Å². The third-order valence-corrected chi connectivity index (χ3v) is 5.62. The number of esters is 1. The predicted octanol–water partition coefficient (Wildman–Crippen LogP) is 4.29. The average molecular weight is 519 g/mol. The van der Waals surface area contributed by atoms with E-state index in [1.54, 1.807) is 24.3 Å². The maximum absolute atomic E-state index is 12.5. The molecule has 2 heterocycles. The fraction of sp³-hybridized carbons (Fsp3) is 0.300. The van der Waals surface area contributed by atoms with Crippen LogP contribution in [0.4, 0.5) is 0 Å². The molecule has 0 saturated carbocycles. The van der Waals surface area contributed by atoms with Crippen molar-refractivity contribution in [2.75, 3.05) is 39.6 Å². The number of carbonyl (C=O) groups is 1. The molecule has 8 heteroatoms. The highest BCUT2D eigenvalue weighted by molar-refractivity contribution is 5.91. The molecule has 2 aliphatic heterocycles. The Hall–Kier alpha value is -3.78. The minimum Gasteiger partial charge on any atom is -0.491 e. The monoisotopic (exact) mass is 518 g/mol. The largest absolute Gasteiger partial charge is 0.491 e. The number of carbonyl (C=O) groups excluding carboxylic acids is 2. The van der Waals surface area contributed by atoms with Crippen LogP contribution in [0.2, 0.25) is 0 Å². The van der Waals surface area contributed by atoms with Crippen molar-refractivity contribution in [3.05, 3.63) is 90.5 Å². The highest BCUT2D eigenvalue weighted by Gasteiger charge is 2.22. The Morgan fingerprint density at radius 3 is 1.87 bits per heavy atom. The second-order valence-electron chi connectivity index (χ2n) is 8.63. The molecule has 0 amide bonds. The van der Waals surface area contributed by atoms with Gasteiger partial charge in [-0.05, 0) is 59.7 Å². The molecule has 38 heavy (non-hydrogen) atoms. The van der Waals surface area contributed by atoms with Gasteiger partial charge in [0, 0.05) is 0 Å². The Kier molecular flexibility index (Phi) is 10.2. The Morgan fingerprint density at radius 1 is 0.789 bits per heavy atom. The van der Waals surface area contributed by atoms with Gasteiger partial charge in [-0.15, -0.1) is 0 Å². The van der Waals surface area contributed by atoms with Gasteiger partial charge in [0.1, 0.15) is 36.3 Å². The van der Waals surface area contributed by atoms with Crippen molar-refractivity contribution in [2.45, 2.75) is 18.8 Å². The summed E-state index contributed by atoms with van der Waals surface area (Å²) in [4.78, 5) is 21.1. The number of benzene rings is 3. The summed E-state index contributed by atoms with van der Waals surface area (Å²) in [6, 6.07) is 22.5. The second-order valence-corrected chi connectivity index (χ2v) is 8.63. The van der Waals surface area contributed by atoms with Crippen molar-refractivity contribution in [3.63, 3.8) is 0 Å². The summed E-state index contributed by atoms with van der Waals surface area (Å²) in [6.45, 7) is 7.02. The van der Waals surface area contributed by atoms with Crippen molar-refractivity contribution < 1.29 is 38.0 Å². The molecule has 0 spiro atoms. The summed E-state index contributed by atoms with van der Waals surface area (Å²) in [5.74, 6) is 2.14. The number of ether oxygens (including phenoxy) is 6. The van der Waals surface area contributed by atoms with Crippen molar-refractivity contribution in [2.24, 2.45) is 0 Å². The van der Waals surface area contributed by atoms with Crippen LogP contribution >= 0.6 is 0 Å². The quantitative estimate of drug-likeness (QED) is 0.109. The van der Waals surface area contributed by atoms with Gasteiger partial charge >= 0.3 is 5.97 Å². The molecule has 0 radical (unpaired) electrons. The Morgan fingerprint density at radius 2 is 1.32 bits per heavy atom. The first-order valence-electron chi connectivity index (χ1n) is 12.3. The van der Waals surface area contributed by atoms with E-state index in [4.69, 9.17) is 33.2 Å². The van der Waals surface area contributed by atoms with Gasteiger partial charge in [-0.3, -0.25) is 0 Å². The fourth-order valence-corrected chi connectivity index (χ4v) is 3.43. The van der Waals surface area contributed by atoms with E-state index in [9.17, 15) is 4.79 Å². The van der Waals surface area contributed by atoms with Gasteiger partial charge < -0.3 is 28.4 Å². The van der Waals surface area contributed by atoms with E-state index in [2.05, 4.69) is 6.58 Å². The zero-order valence-corrected chi connectivity index (χ0v) is 21.0. The molecule has 0 bridgehead atoms. The molecule has 3 aromatic rings. The molecule has 5 rings (SSSR count). The predicted molar refractivity (Wildman–Crippen MR) is 140 cm³/mol. The summed E-state index contributed by atoms with van der Waals surface area (Å²) in [5, 5.41) is 0. The summed E-state index contributed by atoms with van der Waals surface area (Å²) >= 11 is 0. The first-order valence-corrected chi connectivity index (χ1v) is 12.3. The van der Waals surface area contributed by atoms with Crippen LogP contribution in [-0.2, 0) is 30.3 Å². The van der Waals surface area contributed by atoms with Crippen LogP contribution in [0, 0.1) is 0 Å². The van der Waals surface area contributed by atoms with E-state index in [1.807, 2.05) is 48.5 Å². The lowest BCUT2D eigenvalue weighted by molar-refractivity contribution is 0.0734. The van der Waals surface area contributed by atoms with Gasteiger partial charge in [0.2, 0.25) is 0 Å². The van der Waals surface area contributed by atoms with Crippen molar-refractivity contribution >= 4 is 11.9 Å². The van der Waals surface area contributed by atoms with E-state index >= 15 is 0 Å². The first kappa shape index (κ1) is 27.3. The summed E-state index contributed by atoms with van der Waals surface area (Å²) in [6.07, 6.45) is 0.515. The molecular formula is C30H30O8. The van der Waals surface area contributed by atoms with Crippen LogP contribution in [0.1, 0.15) is 15.9 Å². The standard InChI is InChI=1S/C28H28O7.C2H2O/c29-28(23-3-1-20(2-4-23)15-31-17-27-19-34-27)35-25-11-7-22(8-12-25)21-5-9-24(10-6-21)32-14-13-30-16-26-18-33-26;1-2-3/h1-12,26-27H,13-19H2;1H2. The van der Waals surface area contributed by atoms with Crippen LogP contribution in [0.15, 0.2) is 79.4 Å². The number of hydrogen-bond donors (Lipinski definition) is 0. The van der Waals surface area contributed by atoms with Gasteiger partial charge in [0.25, 0.3) is 0 Å². The topological polar surface area (TPSA) is 96.1 Å². The normalized spacial score (nSPS) is 16.9. The van der Waals surface area contributed by atoms with Gasteiger partial charge in [-0.2, -0.15) is 0 Å². The molecule has 8 nitrogen and oxygen atoms in total. The Balaban J connectivity index is 0.00000107. The summed E-state index contributed by atoms with van der Waals surface area (Å²) in [7, 11) is 0. The third kappa shape index (κ3) is 9.27. The third-order valence-electron chi connectivity index (χ3n) is 5.62. The Bertz CT molecular complexity index is 1170.